The van der Waals surface area contributed by atoms with Crippen molar-refractivity contribution in [2.75, 3.05) is 0 Å². The molecule has 0 aliphatic heterocycles. The van der Waals surface area contributed by atoms with Crippen LogP contribution in [-0.4, -0.2) is 11.2 Å². The van der Waals surface area contributed by atoms with Crippen LogP contribution in [0.3, 0.4) is 0 Å². The van der Waals surface area contributed by atoms with E-state index in [4.69, 9.17) is 16.3 Å². The number of carbonyl (C=O) groups is 1. The Bertz CT molecular complexity index is 690. The van der Waals surface area contributed by atoms with Crippen LogP contribution in [0.4, 0.5) is 10.1 Å². The van der Waals surface area contributed by atoms with Crippen molar-refractivity contribution in [1.82, 2.24) is 0 Å². The second-order valence-corrected chi connectivity index (χ2v) is 4.18. The van der Waals surface area contributed by atoms with Crippen LogP contribution in [0.25, 0.3) is 0 Å². The number of benzene rings is 2. The maximum atomic E-state index is 13.4. The molecule has 7 heteroatoms. The summed E-state index contributed by atoms with van der Waals surface area (Å²) in [4.78, 5) is 20.3. The lowest BCUT2D eigenvalue weighted by Crippen LogP contribution is -1.93. The Kier molecular flexibility index (Phi) is 3.95. The summed E-state index contributed by atoms with van der Waals surface area (Å²) in [5.41, 5.74) is -0.333. The van der Waals surface area contributed by atoms with Gasteiger partial charge in [-0.15, -0.1) is 0 Å². The number of nitro benzene ring substituents is 1. The fourth-order valence-electron chi connectivity index (χ4n) is 1.50. The zero-order chi connectivity index (χ0) is 14.7. The summed E-state index contributed by atoms with van der Waals surface area (Å²) < 4.78 is 18.7. The van der Waals surface area contributed by atoms with Crippen molar-refractivity contribution in [1.29, 1.82) is 0 Å². The smallest absolute Gasteiger partial charge is 0.305 e. The minimum absolute atomic E-state index is 0.0861. The molecule has 0 spiro atoms. The summed E-state index contributed by atoms with van der Waals surface area (Å²) in [6.45, 7) is 0. The second-order valence-electron chi connectivity index (χ2n) is 3.77. The highest BCUT2D eigenvalue weighted by Crippen LogP contribution is 2.28. The van der Waals surface area contributed by atoms with Crippen LogP contribution in [-0.2, 0) is 0 Å². The number of aldehydes is 1. The molecule has 102 valence electrons. The fourth-order valence-corrected chi connectivity index (χ4v) is 1.72. The highest BCUT2D eigenvalue weighted by molar-refractivity contribution is 6.33. The molecule has 0 N–H and O–H groups in total. The molecule has 2 aromatic carbocycles. The zero-order valence-corrected chi connectivity index (χ0v) is 10.6. The molecular weight excluding hydrogens is 289 g/mol. The van der Waals surface area contributed by atoms with Crippen LogP contribution in [0.5, 0.6) is 11.5 Å². The number of carbonyl (C=O) groups excluding carboxylic acids is 1. The van der Waals surface area contributed by atoms with Gasteiger partial charge in [-0.2, -0.15) is 4.39 Å². The molecule has 0 fully saturated rings. The Morgan fingerprint density at radius 2 is 1.85 bits per heavy atom. The van der Waals surface area contributed by atoms with E-state index in [1.165, 1.54) is 24.3 Å². The molecule has 0 saturated carbocycles. The summed E-state index contributed by atoms with van der Waals surface area (Å²) in [7, 11) is 0. The first-order valence-electron chi connectivity index (χ1n) is 5.38. The van der Waals surface area contributed by atoms with Gasteiger partial charge in [-0.3, -0.25) is 14.9 Å². The van der Waals surface area contributed by atoms with Crippen LogP contribution in [0, 0.1) is 15.9 Å². The van der Waals surface area contributed by atoms with Gasteiger partial charge in [0.15, 0.2) is 6.29 Å². The van der Waals surface area contributed by atoms with Crippen molar-refractivity contribution in [3.63, 3.8) is 0 Å². The van der Waals surface area contributed by atoms with Crippen molar-refractivity contribution in [3.05, 3.63) is 62.9 Å². The largest absolute Gasteiger partial charge is 0.457 e. The average Bonchev–Trinajstić information content (AvgIpc) is 2.38. The van der Waals surface area contributed by atoms with Gasteiger partial charge in [-0.05, 0) is 18.2 Å². The number of nitrogens with zero attached hydrogens (tertiary/aromatic N) is 1. The van der Waals surface area contributed by atoms with Crippen LogP contribution < -0.4 is 4.74 Å². The number of hydrogen-bond acceptors (Lipinski definition) is 4. The molecule has 0 amide bonds. The number of hydrogen-bond donors (Lipinski definition) is 0. The Hall–Kier alpha value is -2.47. The van der Waals surface area contributed by atoms with Gasteiger partial charge in [-0.25, -0.2) is 0 Å². The first-order chi connectivity index (χ1) is 9.51. The van der Waals surface area contributed by atoms with Gasteiger partial charge in [0.25, 0.3) is 0 Å². The molecule has 2 rings (SSSR count). The summed E-state index contributed by atoms with van der Waals surface area (Å²) >= 11 is 5.82. The SMILES string of the molecule is O=Cc1ccc(Oc2ccc([N+](=O)[O-])c(F)c2)cc1Cl. The van der Waals surface area contributed by atoms with Crippen molar-refractivity contribution >= 4 is 23.6 Å². The summed E-state index contributed by atoms with van der Waals surface area (Å²) in [5.74, 6) is -0.625. The minimum Gasteiger partial charge on any atom is -0.457 e. The number of rotatable bonds is 4. The third-order valence-corrected chi connectivity index (χ3v) is 2.78. The van der Waals surface area contributed by atoms with Gasteiger partial charge in [0, 0.05) is 23.8 Å². The molecule has 20 heavy (non-hydrogen) atoms. The molecule has 0 aliphatic carbocycles. The van der Waals surface area contributed by atoms with Crippen LogP contribution in [0.2, 0.25) is 5.02 Å². The fraction of sp³-hybridized carbons (Fsp3) is 0. The van der Waals surface area contributed by atoms with E-state index in [1.54, 1.807) is 0 Å². The number of halogens is 2. The zero-order valence-electron chi connectivity index (χ0n) is 9.88. The third kappa shape index (κ3) is 2.92. The lowest BCUT2D eigenvalue weighted by atomic mass is 10.2. The molecule has 0 heterocycles. The average molecular weight is 296 g/mol. The lowest BCUT2D eigenvalue weighted by molar-refractivity contribution is -0.387. The van der Waals surface area contributed by atoms with Gasteiger partial charge in [0.2, 0.25) is 5.82 Å². The van der Waals surface area contributed by atoms with E-state index in [9.17, 15) is 19.3 Å². The molecule has 5 nitrogen and oxygen atoms in total. The van der Waals surface area contributed by atoms with Crippen molar-refractivity contribution in [3.8, 4) is 11.5 Å². The molecule has 0 saturated heterocycles. The molecule has 2 aromatic rings. The van der Waals surface area contributed by atoms with Gasteiger partial charge in [-0.1, -0.05) is 11.6 Å². The summed E-state index contributed by atoms with van der Waals surface area (Å²) in [6.07, 6.45) is 0.595. The van der Waals surface area contributed by atoms with E-state index < -0.39 is 16.4 Å². The molecule has 0 radical (unpaired) electrons. The molecule has 0 bridgehead atoms. The minimum atomic E-state index is -0.997. The maximum absolute atomic E-state index is 13.4. The van der Waals surface area contributed by atoms with E-state index >= 15 is 0 Å². The molecule has 0 aliphatic rings. The van der Waals surface area contributed by atoms with Crippen LogP contribution >= 0.6 is 11.6 Å². The summed E-state index contributed by atoms with van der Waals surface area (Å²) in [6, 6.07) is 7.50. The first-order valence-corrected chi connectivity index (χ1v) is 5.75. The monoisotopic (exact) mass is 295 g/mol. The third-order valence-electron chi connectivity index (χ3n) is 2.45. The van der Waals surface area contributed by atoms with E-state index in [0.717, 1.165) is 12.1 Å². The summed E-state index contributed by atoms with van der Waals surface area (Å²) in [5, 5.41) is 10.7. The Morgan fingerprint density at radius 1 is 1.20 bits per heavy atom. The predicted molar refractivity (Wildman–Crippen MR) is 70.0 cm³/mol. The van der Waals surface area contributed by atoms with E-state index in [-0.39, 0.29) is 16.5 Å². The Labute approximate surface area is 117 Å². The van der Waals surface area contributed by atoms with Crippen LogP contribution in [0.15, 0.2) is 36.4 Å². The van der Waals surface area contributed by atoms with Crippen molar-refractivity contribution in [2.24, 2.45) is 0 Å². The number of ether oxygens (including phenoxy) is 1. The number of nitro groups is 1. The van der Waals surface area contributed by atoms with Crippen LogP contribution in [0.1, 0.15) is 10.4 Å². The molecule has 0 unspecified atom stereocenters. The highest BCUT2D eigenvalue weighted by Gasteiger charge is 2.14. The molecular formula is C13H7ClFNO4. The van der Waals surface area contributed by atoms with Gasteiger partial charge in [0.1, 0.15) is 11.5 Å². The van der Waals surface area contributed by atoms with E-state index in [0.29, 0.717) is 11.8 Å². The normalized spacial score (nSPS) is 10.1. The molecule has 0 atom stereocenters. The molecule has 0 aromatic heterocycles. The highest BCUT2D eigenvalue weighted by atomic mass is 35.5. The van der Waals surface area contributed by atoms with Crippen molar-refractivity contribution < 1.29 is 18.8 Å². The standard InChI is InChI=1S/C13H7ClFNO4/c14-11-5-9(2-1-8(11)7-17)20-10-3-4-13(16(18)19)12(15)6-10/h1-7H. The van der Waals surface area contributed by atoms with Gasteiger partial charge >= 0.3 is 5.69 Å². The van der Waals surface area contributed by atoms with E-state index in [2.05, 4.69) is 0 Å². The Morgan fingerprint density at radius 3 is 2.40 bits per heavy atom. The van der Waals surface area contributed by atoms with Gasteiger partial charge in [0.05, 0.1) is 9.95 Å². The second kappa shape index (κ2) is 5.66. The lowest BCUT2D eigenvalue weighted by Gasteiger charge is -2.07. The van der Waals surface area contributed by atoms with E-state index in [1.807, 2.05) is 0 Å². The maximum Gasteiger partial charge on any atom is 0.305 e. The van der Waals surface area contributed by atoms with Crippen molar-refractivity contribution in [2.45, 2.75) is 0 Å². The quantitative estimate of drug-likeness (QED) is 0.486. The Balaban J connectivity index is 2.26. The predicted octanol–water partition coefficient (Wildman–Crippen LogP) is 3.99. The van der Waals surface area contributed by atoms with Gasteiger partial charge < -0.3 is 4.74 Å². The topological polar surface area (TPSA) is 69.4 Å². The first kappa shape index (κ1) is 14.0.